The topological polar surface area (TPSA) is 55.1 Å². The van der Waals surface area contributed by atoms with E-state index in [-0.39, 0.29) is 5.82 Å². The van der Waals surface area contributed by atoms with Crippen LogP contribution in [0.1, 0.15) is 11.3 Å². The Bertz CT molecular complexity index is 1100. The molecule has 5 nitrogen and oxygen atoms in total. The summed E-state index contributed by atoms with van der Waals surface area (Å²) in [6.45, 7) is 1.90. The third-order valence-corrected chi connectivity index (χ3v) is 5.51. The van der Waals surface area contributed by atoms with Crippen molar-refractivity contribution in [3.05, 3.63) is 76.1 Å². The Balaban J connectivity index is 1.61. The monoisotopic (exact) mass is 443 g/mol. The van der Waals surface area contributed by atoms with Crippen molar-refractivity contribution in [1.29, 1.82) is 0 Å². The van der Waals surface area contributed by atoms with Gasteiger partial charge >= 0.3 is 0 Å². The van der Waals surface area contributed by atoms with Gasteiger partial charge in [-0.3, -0.25) is 0 Å². The molecule has 0 saturated heterocycles. The van der Waals surface area contributed by atoms with E-state index in [2.05, 4.69) is 42.4 Å². The Morgan fingerprint density at radius 3 is 2.67 bits per heavy atom. The fourth-order valence-electron chi connectivity index (χ4n) is 2.56. The predicted octanol–water partition coefficient (Wildman–Crippen LogP) is 5.37. The van der Waals surface area contributed by atoms with Crippen LogP contribution in [-0.4, -0.2) is 19.6 Å². The number of aromatic nitrogens is 4. The van der Waals surface area contributed by atoms with Crippen molar-refractivity contribution in [3.63, 3.8) is 0 Å². The average molecular weight is 444 g/mol. The summed E-state index contributed by atoms with van der Waals surface area (Å²) in [5.41, 5.74) is 2.76. The number of nitrogens with one attached hydrogen (secondary N) is 1. The van der Waals surface area contributed by atoms with Crippen LogP contribution in [0.4, 0.5) is 15.9 Å². The van der Waals surface area contributed by atoms with E-state index in [1.807, 2.05) is 31.2 Å². The van der Waals surface area contributed by atoms with Crippen LogP contribution in [0.5, 0.6) is 0 Å². The minimum Gasteiger partial charge on any atom is -0.340 e. The molecule has 1 N–H and O–H groups in total. The quantitative estimate of drug-likeness (QED) is 0.420. The number of aryl methyl sites for hydroxylation is 1. The van der Waals surface area contributed by atoms with E-state index in [0.717, 1.165) is 27.4 Å². The van der Waals surface area contributed by atoms with Gasteiger partial charge < -0.3 is 5.32 Å². The molecule has 2 aromatic carbocycles. The summed E-state index contributed by atoms with van der Waals surface area (Å²) in [6, 6.07) is 16.1. The van der Waals surface area contributed by atoms with Crippen LogP contribution in [0, 0.1) is 12.7 Å². The Labute approximate surface area is 168 Å². The van der Waals surface area contributed by atoms with Crippen LogP contribution in [0.25, 0.3) is 5.78 Å². The average Bonchev–Trinajstić information content (AvgIpc) is 3.06. The van der Waals surface area contributed by atoms with Gasteiger partial charge in [-0.25, -0.2) is 9.37 Å². The van der Waals surface area contributed by atoms with Crippen molar-refractivity contribution in [2.24, 2.45) is 0 Å². The van der Waals surface area contributed by atoms with Gasteiger partial charge in [-0.05, 0) is 42.8 Å². The van der Waals surface area contributed by atoms with Gasteiger partial charge in [-0.1, -0.05) is 45.9 Å². The largest absolute Gasteiger partial charge is 0.340 e. The molecular weight excluding hydrogens is 429 g/mol. The first-order valence-corrected chi connectivity index (χ1v) is 9.99. The Kier molecular flexibility index (Phi) is 5.09. The van der Waals surface area contributed by atoms with Gasteiger partial charge in [-0.15, -0.1) is 5.10 Å². The SMILES string of the molecule is Cc1cc(Nc2ccc(F)cc2)n2nc(SCc3ccccc3Br)nc2n1. The van der Waals surface area contributed by atoms with Crippen LogP contribution in [0.2, 0.25) is 0 Å². The van der Waals surface area contributed by atoms with E-state index in [0.29, 0.717) is 10.9 Å². The molecule has 0 unspecified atom stereocenters. The van der Waals surface area contributed by atoms with Gasteiger partial charge in [0.05, 0.1) is 0 Å². The number of hydrogen-bond donors (Lipinski definition) is 1. The van der Waals surface area contributed by atoms with Crippen molar-refractivity contribution in [2.75, 3.05) is 5.32 Å². The Morgan fingerprint density at radius 1 is 1.11 bits per heavy atom. The van der Waals surface area contributed by atoms with Crippen molar-refractivity contribution < 1.29 is 4.39 Å². The van der Waals surface area contributed by atoms with E-state index in [4.69, 9.17) is 0 Å². The lowest BCUT2D eigenvalue weighted by Crippen LogP contribution is -2.02. The molecule has 0 aliphatic carbocycles. The zero-order chi connectivity index (χ0) is 18.8. The lowest BCUT2D eigenvalue weighted by atomic mass is 10.2. The summed E-state index contributed by atoms with van der Waals surface area (Å²) >= 11 is 5.11. The lowest BCUT2D eigenvalue weighted by molar-refractivity contribution is 0.628. The number of hydrogen-bond acceptors (Lipinski definition) is 5. The zero-order valence-electron chi connectivity index (χ0n) is 14.4. The van der Waals surface area contributed by atoms with E-state index in [1.165, 1.54) is 17.7 Å². The van der Waals surface area contributed by atoms with Crippen LogP contribution in [0.15, 0.2) is 64.2 Å². The van der Waals surface area contributed by atoms with Gasteiger partial charge in [0, 0.05) is 27.7 Å². The number of rotatable bonds is 5. The van der Waals surface area contributed by atoms with Crippen molar-refractivity contribution in [3.8, 4) is 0 Å². The van der Waals surface area contributed by atoms with Crippen LogP contribution >= 0.6 is 27.7 Å². The van der Waals surface area contributed by atoms with E-state index >= 15 is 0 Å². The van der Waals surface area contributed by atoms with E-state index in [1.54, 1.807) is 28.4 Å². The van der Waals surface area contributed by atoms with Crippen molar-refractivity contribution in [2.45, 2.75) is 17.8 Å². The van der Waals surface area contributed by atoms with Gasteiger partial charge in [-0.2, -0.15) is 9.50 Å². The number of thioether (sulfide) groups is 1. The molecule has 0 spiro atoms. The Morgan fingerprint density at radius 2 is 1.89 bits per heavy atom. The summed E-state index contributed by atoms with van der Waals surface area (Å²) in [4.78, 5) is 8.98. The molecule has 27 heavy (non-hydrogen) atoms. The molecule has 0 bridgehead atoms. The highest BCUT2D eigenvalue weighted by Crippen LogP contribution is 2.26. The minimum atomic E-state index is -0.275. The van der Waals surface area contributed by atoms with Gasteiger partial charge in [0.25, 0.3) is 5.78 Å². The van der Waals surface area contributed by atoms with Gasteiger partial charge in [0.2, 0.25) is 5.16 Å². The normalized spacial score (nSPS) is 11.1. The first-order valence-electron chi connectivity index (χ1n) is 8.22. The fourth-order valence-corrected chi connectivity index (χ4v) is 3.99. The molecule has 0 atom stereocenters. The summed E-state index contributed by atoms with van der Waals surface area (Å²) < 4.78 is 15.9. The summed E-state index contributed by atoms with van der Waals surface area (Å²) in [5, 5.41) is 8.46. The lowest BCUT2D eigenvalue weighted by Gasteiger charge is -2.08. The molecule has 0 radical (unpaired) electrons. The third kappa shape index (κ3) is 4.12. The Hall–Kier alpha value is -2.45. The highest BCUT2D eigenvalue weighted by atomic mass is 79.9. The maximum Gasteiger partial charge on any atom is 0.255 e. The molecule has 136 valence electrons. The van der Waals surface area contributed by atoms with Gasteiger partial charge in [0.15, 0.2) is 0 Å². The second-order valence-electron chi connectivity index (χ2n) is 5.90. The second-order valence-corrected chi connectivity index (χ2v) is 7.70. The maximum absolute atomic E-state index is 13.1. The maximum atomic E-state index is 13.1. The fraction of sp³-hybridized carbons (Fsp3) is 0.105. The smallest absolute Gasteiger partial charge is 0.255 e. The third-order valence-electron chi connectivity index (χ3n) is 3.85. The summed E-state index contributed by atoms with van der Waals surface area (Å²) in [7, 11) is 0. The van der Waals surface area contributed by atoms with Gasteiger partial charge in [0.1, 0.15) is 11.6 Å². The van der Waals surface area contributed by atoms with Crippen LogP contribution in [0.3, 0.4) is 0 Å². The molecule has 4 rings (SSSR count). The molecule has 0 saturated carbocycles. The number of nitrogens with zero attached hydrogens (tertiary/aromatic N) is 4. The molecule has 8 heteroatoms. The molecule has 0 aliphatic heterocycles. The summed E-state index contributed by atoms with van der Waals surface area (Å²) in [5.74, 6) is 1.72. The molecule has 2 aromatic heterocycles. The number of benzene rings is 2. The number of halogens is 2. The van der Waals surface area contributed by atoms with E-state index < -0.39 is 0 Å². The molecule has 0 amide bonds. The van der Waals surface area contributed by atoms with Crippen LogP contribution in [-0.2, 0) is 5.75 Å². The predicted molar refractivity (Wildman–Crippen MR) is 109 cm³/mol. The molecular formula is C19H15BrFN5S. The molecule has 4 aromatic rings. The van der Waals surface area contributed by atoms with Crippen LogP contribution < -0.4 is 5.32 Å². The number of anilines is 2. The number of fused-ring (bicyclic) bond motifs is 1. The van der Waals surface area contributed by atoms with Crippen molar-refractivity contribution in [1.82, 2.24) is 19.6 Å². The van der Waals surface area contributed by atoms with E-state index in [9.17, 15) is 4.39 Å². The molecule has 2 heterocycles. The first kappa shape index (κ1) is 17.9. The highest BCUT2D eigenvalue weighted by molar-refractivity contribution is 9.10. The zero-order valence-corrected chi connectivity index (χ0v) is 16.8. The molecule has 0 fully saturated rings. The van der Waals surface area contributed by atoms with Crippen molar-refractivity contribution >= 4 is 45.0 Å². The standard InChI is InChI=1S/C19H15BrFN5S/c1-12-10-17(23-15-8-6-14(21)7-9-15)26-18(22-12)24-19(25-26)27-11-13-4-2-3-5-16(13)20/h2-10,23H,11H2,1H3. The highest BCUT2D eigenvalue weighted by Gasteiger charge is 2.11. The second kappa shape index (κ2) is 7.66. The molecule has 0 aliphatic rings. The minimum absolute atomic E-state index is 0.275. The first-order chi connectivity index (χ1) is 13.1. The summed E-state index contributed by atoms with van der Waals surface area (Å²) in [6.07, 6.45) is 0.